The lowest BCUT2D eigenvalue weighted by Crippen LogP contribution is -2.71. The summed E-state index contributed by atoms with van der Waals surface area (Å²) in [5.41, 5.74) is 11.9. The maximum absolute atomic E-state index is 13.0. The molecule has 0 radical (unpaired) electrons. The van der Waals surface area contributed by atoms with Crippen molar-refractivity contribution in [2.24, 2.45) is 10.9 Å². The molecule has 6 N–H and O–H groups in total. The summed E-state index contributed by atoms with van der Waals surface area (Å²) in [5.74, 6) is -1.24. The minimum atomic E-state index is -1.59. The number of amides is 2. The van der Waals surface area contributed by atoms with Crippen LogP contribution in [0.5, 0.6) is 0 Å². The maximum Gasteiger partial charge on any atom is 0.353 e. The molecule has 0 bridgehead atoms. The van der Waals surface area contributed by atoms with Crippen molar-refractivity contribution in [3.8, 4) is 0 Å². The van der Waals surface area contributed by atoms with Crippen molar-refractivity contribution in [2.75, 3.05) is 18.0 Å². The molecule has 12 nitrogen and oxygen atoms in total. The van der Waals surface area contributed by atoms with E-state index in [0.717, 1.165) is 27.5 Å². The molecule has 1 fully saturated rings. The van der Waals surface area contributed by atoms with Crippen molar-refractivity contribution in [1.29, 1.82) is 0 Å². The molecule has 3 atom stereocenters. The number of aliphatic carboxylic acids is 1. The van der Waals surface area contributed by atoms with Crippen LogP contribution in [0.25, 0.3) is 0 Å². The Labute approximate surface area is 228 Å². The third-order valence-corrected chi connectivity index (χ3v) is 9.16. The molecule has 2 aliphatic heterocycles. The topological polar surface area (TPSA) is 194 Å². The van der Waals surface area contributed by atoms with Gasteiger partial charge < -0.3 is 21.9 Å². The summed E-state index contributed by atoms with van der Waals surface area (Å²) in [6, 6.07) is -1.36. The van der Waals surface area contributed by atoms with Crippen LogP contribution in [-0.4, -0.2) is 62.1 Å². The number of thiazole rings is 1. The van der Waals surface area contributed by atoms with Crippen LogP contribution < -0.4 is 16.8 Å². The lowest BCUT2D eigenvalue weighted by molar-refractivity contribution is -0.156. The monoisotopic (exact) mass is 583 g/mol. The smallest absolute Gasteiger partial charge is 0.353 e. The largest absolute Gasteiger partial charge is 0.477 e. The van der Waals surface area contributed by atoms with Crippen molar-refractivity contribution in [1.82, 2.24) is 20.2 Å². The fourth-order valence-electron chi connectivity index (χ4n) is 4.10. The van der Waals surface area contributed by atoms with Gasteiger partial charge in [0.1, 0.15) is 21.8 Å². The molecule has 2 amide bonds. The van der Waals surface area contributed by atoms with Gasteiger partial charge in [-0.25, -0.2) is 9.78 Å². The number of anilines is 1. The van der Waals surface area contributed by atoms with Gasteiger partial charge in [0.25, 0.3) is 11.8 Å². The van der Waals surface area contributed by atoms with E-state index in [1.54, 1.807) is 24.2 Å². The Morgan fingerprint density at radius 3 is 2.86 bits per heavy atom. The molecule has 196 valence electrons. The average molecular weight is 584 g/mol. The Morgan fingerprint density at radius 2 is 2.22 bits per heavy atom. The van der Waals surface area contributed by atoms with E-state index in [1.807, 2.05) is 6.07 Å². The molecule has 0 aliphatic carbocycles. The number of aromatic nitrogens is 2. The summed E-state index contributed by atoms with van der Waals surface area (Å²) in [6.07, 6.45) is 4.17. The summed E-state index contributed by atoms with van der Waals surface area (Å²) in [6.45, 7) is 0.548. The average Bonchev–Trinajstić information content (AvgIpc) is 3.20. The number of carbonyl (C=O) groups excluding carboxylic acids is 2. The third-order valence-electron chi connectivity index (χ3n) is 5.74. The number of halogens is 1. The zero-order chi connectivity index (χ0) is 26.7. The van der Waals surface area contributed by atoms with Crippen LogP contribution in [-0.2, 0) is 20.1 Å². The van der Waals surface area contributed by atoms with Crippen molar-refractivity contribution in [3.63, 3.8) is 0 Å². The summed E-state index contributed by atoms with van der Waals surface area (Å²) < 4.78 is 0.0474. The summed E-state index contributed by atoms with van der Waals surface area (Å²) in [4.78, 5) is 60.0. The second kappa shape index (κ2) is 11.8. The highest BCUT2D eigenvalue weighted by atomic mass is 35.5. The Hall–Kier alpha value is -2.72. The van der Waals surface area contributed by atoms with E-state index in [2.05, 4.69) is 20.5 Å². The van der Waals surface area contributed by atoms with Crippen molar-refractivity contribution in [2.45, 2.75) is 41.6 Å². The van der Waals surface area contributed by atoms with Gasteiger partial charge in [0.15, 0.2) is 5.13 Å². The zero-order valence-corrected chi connectivity index (χ0v) is 22.3. The SMILES string of the molecule is NCCSCc1cnccc1SC1=C(C(=O)O)N2C(=O)[C@@H](NC(=O)C(N=O)c3nc(N)sc3Cl)[C@H]2CC1. The number of carboxylic acid groups (broad SMARTS) is 1. The van der Waals surface area contributed by atoms with Gasteiger partial charge in [-0.3, -0.25) is 19.5 Å². The number of hydrogen-bond donors (Lipinski definition) is 4. The molecule has 0 aromatic carbocycles. The number of allylic oxidation sites excluding steroid dienone is 1. The second-order valence-electron chi connectivity index (χ2n) is 8.02. The summed E-state index contributed by atoms with van der Waals surface area (Å²) in [7, 11) is 0. The molecule has 16 heteroatoms. The minimum Gasteiger partial charge on any atom is -0.477 e. The second-order valence-corrected chi connectivity index (χ2v) is 11.9. The van der Waals surface area contributed by atoms with Gasteiger partial charge in [0.05, 0.1) is 6.04 Å². The van der Waals surface area contributed by atoms with E-state index in [0.29, 0.717) is 30.0 Å². The number of thioether (sulfide) groups is 2. The number of nitroso groups, excluding NO2 is 1. The fourth-order valence-corrected chi connectivity index (χ4v) is 7.08. The molecule has 0 saturated carbocycles. The highest BCUT2D eigenvalue weighted by molar-refractivity contribution is 8.03. The maximum atomic E-state index is 13.0. The predicted octanol–water partition coefficient (Wildman–Crippen LogP) is 2.35. The van der Waals surface area contributed by atoms with E-state index >= 15 is 0 Å². The third kappa shape index (κ3) is 5.60. The number of β-lactam (4-membered cyclic amide) rings is 1. The van der Waals surface area contributed by atoms with Crippen molar-refractivity contribution in [3.05, 3.63) is 49.6 Å². The van der Waals surface area contributed by atoms with Gasteiger partial charge in [-0.05, 0) is 29.6 Å². The molecular weight excluding hydrogens is 562 g/mol. The van der Waals surface area contributed by atoms with Crippen LogP contribution in [0.3, 0.4) is 0 Å². The molecule has 2 aromatic rings. The molecule has 0 spiro atoms. The van der Waals surface area contributed by atoms with Crippen LogP contribution in [0.4, 0.5) is 5.13 Å². The van der Waals surface area contributed by atoms with Crippen molar-refractivity contribution < 1.29 is 19.5 Å². The number of hydrogen-bond acceptors (Lipinski definition) is 12. The van der Waals surface area contributed by atoms with Crippen LogP contribution in [0.15, 0.2) is 39.1 Å². The number of fused-ring (bicyclic) bond motifs is 1. The Bertz CT molecular complexity index is 1270. The molecule has 1 saturated heterocycles. The van der Waals surface area contributed by atoms with Crippen LogP contribution in [0, 0.1) is 4.91 Å². The number of pyridine rings is 1. The number of nitrogens with one attached hydrogen (secondary N) is 1. The Morgan fingerprint density at radius 1 is 1.43 bits per heavy atom. The van der Waals surface area contributed by atoms with E-state index in [-0.39, 0.29) is 20.9 Å². The number of nitrogens with two attached hydrogens (primary N) is 2. The molecule has 2 aliphatic rings. The van der Waals surface area contributed by atoms with Crippen LogP contribution in [0.2, 0.25) is 4.34 Å². The van der Waals surface area contributed by atoms with E-state index in [9.17, 15) is 24.4 Å². The molecule has 4 rings (SSSR count). The Kier molecular flexibility index (Phi) is 8.69. The molecule has 1 unspecified atom stereocenters. The zero-order valence-electron chi connectivity index (χ0n) is 19.1. The van der Waals surface area contributed by atoms with Gasteiger partial charge in [-0.15, -0.1) is 4.91 Å². The lowest BCUT2D eigenvalue weighted by atomic mass is 9.86. The highest BCUT2D eigenvalue weighted by Gasteiger charge is 2.54. The number of rotatable bonds is 11. The molecule has 4 heterocycles. The van der Waals surface area contributed by atoms with Gasteiger partial charge in [-0.1, -0.05) is 34.7 Å². The quantitative estimate of drug-likeness (QED) is 0.172. The number of nitrogen functional groups attached to an aromatic ring is 1. The first-order valence-electron chi connectivity index (χ1n) is 11.0. The number of carbonyl (C=O) groups is 3. The van der Waals surface area contributed by atoms with Gasteiger partial charge >= 0.3 is 5.97 Å². The van der Waals surface area contributed by atoms with Crippen molar-refractivity contribution >= 4 is 69.4 Å². The summed E-state index contributed by atoms with van der Waals surface area (Å²) in [5, 5.41) is 15.4. The minimum absolute atomic E-state index is 0.0474. The standard InChI is InChI=1S/C21H22ClN7O5S3/c22-17-14(27-21(24)37-17)15(28-34)18(30)26-13-10-1-2-12(16(20(32)33)29(10)19(13)31)36-11-3-5-25-7-9(11)8-35-6-4-23/h3,5,7,10,13,15H,1-2,4,6,8,23H2,(H2,24,27)(H,26,30)(H,32,33)/t10-,13+,15?/m1/s1. The van der Waals surface area contributed by atoms with E-state index in [1.165, 1.54) is 16.7 Å². The predicted molar refractivity (Wildman–Crippen MR) is 142 cm³/mol. The first-order valence-corrected chi connectivity index (χ1v) is 14.2. The lowest BCUT2D eigenvalue weighted by Gasteiger charge is -2.50. The van der Waals surface area contributed by atoms with Gasteiger partial charge in [0, 0.05) is 40.2 Å². The molecular formula is C21H22ClN7O5S3. The molecule has 2 aromatic heterocycles. The normalized spacial score (nSPS) is 19.7. The summed E-state index contributed by atoms with van der Waals surface area (Å²) >= 11 is 9.84. The highest BCUT2D eigenvalue weighted by Crippen LogP contribution is 2.44. The van der Waals surface area contributed by atoms with E-state index < -0.39 is 35.9 Å². The van der Waals surface area contributed by atoms with E-state index in [4.69, 9.17) is 23.1 Å². The van der Waals surface area contributed by atoms with Gasteiger partial charge in [-0.2, -0.15) is 11.8 Å². The number of carboxylic acids is 1. The van der Waals surface area contributed by atoms with Crippen LogP contribution >= 0.6 is 46.5 Å². The first-order chi connectivity index (χ1) is 17.8. The van der Waals surface area contributed by atoms with Crippen LogP contribution in [0.1, 0.15) is 30.1 Å². The Balaban J connectivity index is 1.52. The first kappa shape index (κ1) is 27.3. The fraction of sp³-hybridized carbons (Fsp3) is 0.381. The van der Waals surface area contributed by atoms with Gasteiger partial charge in [0.2, 0.25) is 6.04 Å². The number of nitrogens with zero attached hydrogens (tertiary/aromatic N) is 4. The molecule has 37 heavy (non-hydrogen) atoms.